The second-order valence-electron chi connectivity index (χ2n) is 3.79. The second kappa shape index (κ2) is 3.55. The lowest BCUT2D eigenvalue weighted by Crippen LogP contribution is -2.06. The Labute approximate surface area is 88.3 Å². The monoisotopic (exact) mass is 205 g/mol. The van der Waals surface area contributed by atoms with Gasteiger partial charge >= 0.3 is 0 Å². The van der Waals surface area contributed by atoms with Gasteiger partial charge in [-0.3, -0.25) is 0 Å². The highest BCUT2D eigenvalue weighted by molar-refractivity contribution is 5.82. The summed E-state index contributed by atoms with van der Waals surface area (Å²) >= 11 is 0. The molecule has 0 amide bonds. The molecule has 3 N–H and O–H groups in total. The van der Waals surface area contributed by atoms with Crippen LogP contribution in [0, 0.1) is 13.8 Å². The Morgan fingerprint density at radius 3 is 2.80 bits per heavy atom. The SMILES string of the molecule is Cc1cc(C)c2nc(N)n(CCO)c2c1. The summed E-state index contributed by atoms with van der Waals surface area (Å²) in [6.07, 6.45) is 0. The van der Waals surface area contributed by atoms with Gasteiger partial charge in [0.1, 0.15) is 0 Å². The predicted molar refractivity (Wildman–Crippen MR) is 60.7 cm³/mol. The van der Waals surface area contributed by atoms with Crippen molar-refractivity contribution in [2.75, 3.05) is 12.3 Å². The van der Waals surface area contributed by atoms with E-state index in [1.807, 2.05) is 24.5 Å². The molecule has 0 atom stereocenters. The van der Waals surface area contributed by atoms with Crippen molar-refractivity contribution < 1.29 is 5.11 Å². The number of nitrogens with two attached hydrogens (primary N) is 1. The summed E-state index contributed by atoms with van der Waals surface area (Å²) in [5.41, 5.74) is 10.0. The third-order valence-corrected chi connectivity index (χ3v) is 2.54. The van der Waals surface area contributed by atoms with Crippen LogP contribution in [0.1, 0.15) is 11.1 Å². The van der Waals surface area contributed by atoms with Gasteiger partial charge in [0.25, 0.3) is 0 Å². The third kappa shape index (κ3) is 1.57. The van der Waals surface area contributed by atoms with Crippen molar-refractivity contribution in [3.8, 4) is 0 Å². The molecule has 4 nitrogen and oxygen atoms in total. The van der Waals surface area contributed by atoms with E-state index < -0.39 is 0 Å². The van der Waals surface area contributed by atoms with Crippen LogP contribution in [0.3, 0.4) is 0 Å². The van der Waals surface area contributed by atoms with Gasteiger partial charge in [-0.15, -0.1) is 0 Å². The van der Waals surface area contributed by atoms with E-state index in [1.165, 1.54) is 5.56 Å². The number of imidazole rings is 1. The van der Waals surface area contributed by atoms with Crippen LogP contribution in [-0.2, 0) is 6.54 Å². The highest BCUT2D eigenvalue weighted by Crippen LogP contribution is 2.22. The van der Waals surface area contributed by atoms with Crippen LogP contribution in [0.5, 0.6) is 0 Å². The molecule has 80 valence electrons. The lowest BCUT2D eigenvalue weighted by molar-refractivity contribution is 0.278. The van der Waals surface area contributed by atoms with Crippen LogP contribution < -0.4 is 5.73 Å². The molecule has 1 heterocycles. The first-order valence-corrected chi connectivity index (χ1v) is 4.97. The molecule has 0 spiro atoms. The molecule has 2 rings (SSSR count). The highest BCUT2D eigenvalue weighted by Gasteiger charge is 2.09. The van der Waals surface area contributed by atoms with Gasteiger partial charge in [-0.1, -0.05) is 6.07 Å². The highest BCUT2D eigenvalue weighted by atomic mass is 16.3. The molecule has 1 aromatic carbocycles. The number of hydrogen-bond acceptors (Lipinski definition) is 3. The molecule has 0 aliphatic rings. The second-order valence-corrected chi connectivity index (χ2v) is 3.79. The fraction of sp³-hybridized carbons (Fsp3) is 0.364. The van der Waals surface area contributed by atoms with Gasteiger partial charge in [-0.2, -0.15) is 0 Å². The summed E-state index contributed by atoms with van der Waals surface area (Å²) < 4.78 is 1.84. The molecule has 15 heavy (non-hydrogen) atoms. The van der Waals surface area contributed by atoms with Gasteiger partial charge in [0.05, 0.1) is 17.6 Å². The van der Waals surface area contributed by atoms with E-state index in [0.717, 1.165) is 16.6 Å². The minimum atomic E-state index is 0.0721. The zero-order valence-electron chi connectivity index (χ0n) is 8.99. The molecule has 2 aromatic rings. The van der Waals surface area contributed by atoms with Crippen LogP contribution in [0.2, 0.25) is 0 Å². The van der Waals surface area contributed by atoms with Crippen molar-refractivity contribution in [1.29, 1.82) is 0 Å². The summed E-state index contributed by atoms with van der Waals surface area (Å²) in [5, 5.41) is 8.96. The van der Waals surface area contributed by atoms with Crippen molar-refractivity contribution in [3.05, 3.63) is 23.3 Å². The van der Waals surface area contributed by atoms with Gasteiger partial charge in [-0.05, 0) is 31.0 Å². The van der Waals surface area contributed by atoms with E-state index in [0.29, 0.717) is 12.5 Å². The first-order valence-electron chi connectivity index (χ1n) is 4.97. The first kappa shape index (κ1) is 9.98. The Kier molecular flexibility index (Phi) is 2.36. The fourth-order valence-electron chi connectivity index (χ4n) is 1.92. The number of benzene rings is 1. The Bertz CT molecular complexity index is 502. The number of aliphatic hydroxyl groups is 1. The summed E-state index contributed by atoms with van der Waals surface area (Å²) in [5.74, 6) is 0.466. The van der Waals surface area contributed by atoms with E-state index in [1.54, 1.807) is 0 Å². The molecule has 0 bridgehead atoms. The fourth-order valence-corrected chi connectivity index (χ4v) is 1.92. The quantitative estimate of drug-likeness (QED) is 0.775. The molecule has 0 fully saturated rings. The average molecular weight is 205 g/mol. The van der Waals surface area contributed by atoms with Crippen molar-refractivity contribution in [2.45, 2.75) is 20.4 Å². The predicted octanol–water partition coefficient (Wildman–Crippen LogP) is 1.23. The minimum absolute atomic E-state index is 0.0721. The molecule has 0 aliphatic heterocycles. The molecule has 4 heteroatoms. The van der Waals surface area contributed by atoms with Gasteiger partial charge < -0.3 is 15.4 Å². The number of nitrogen functional groups attached to an aromatic ring is 1. The lowest BCUT2D eigenvalue weighted by atomic mass is 10.1. The van der Waals surface area contributed by atoms with Crippen LogP contribution in [-0.4, -0.2) is 21.3 Å². The van der Waals surface area contributed by atoms with E-state index in [9.17, 15) is 0 Å². The Balaban J connectivity index is 2.74. The zero-order valence-corrected chi connectivity index (χ0v) is 8.99. The smallest absolute Gasteiger partial charge is 0.201 e. The lowest BCUT2D eigenvalue weighted by Gasteiger charge is -2.04. The normalized spacial score (nSPS) is 11.1. The maximum absolute atomic E-state index is 8.96. The molecule has 0 radical (unpaired) electrons. The zero-order chi connectivity index (χ0) is 11.0. The summed E-state index contributed by atoms with van der Waals surface area (Å²) in [6, 6.07) is 4.12. The summed E-state index contributed by atoms with van der Waals surface area (Å²) in [6.45, 7) is 4.62. The number of anilines is 1. The van der Waals surface area contributed by atoms with E-state index in [-0.39, 0.29) is 6.61 Å². The Morgan fingerprint density at radius 2 is 2.13 bits per heavy atom. The third-order valence-electron chi connectivity index (χ3n) is 2.54. The molecule has 0 saturated carbocycles. The number of aliphatic hydroxyl groups excluding tert-OH is 1. The molecule has 0 unspecified atom stereocenters. The standard InChI is InChI=1S/C11H15N3O/c1-7-5-8(2)10-9(6-7)14(3-4-15)11(12)13-10/h5-6,15H,3-4H2,1-2H3,(H2,12,13). The molecular weight excluding hydrogens is 190 g/mol. The maximum atomic E-state index is 8.96. The van der Waals surface area contributed by atoms with Crippen molar-refractivity contribution >= 4 is 17.0 Å². The van der Waals surface area contributed by atoms with Gasteiger partial charge in [-0.25, -0.2) is 4.98 Å². The Morgan fingerprint density at radius 1 is 1.40 bits per heavy atom. The van der Waals surface area contributed by atoms with Gasteiger partial charge in [0.2, 0.25) is 5.95 Å². The number of hydrogen-bond donors (Lipinski definition) is 2. The van der Waals surface area contributed by atoms with Crippen LogP contribution in [0.25, 0.3) is 11.0 Å². The Hall–Kier alpha value is -1.55. The first-order chi connectivity index (χ1) is 7.13. The van der Waals surface area contributed by atoms with Gasteiger partial charge in [0, 0.05) is 6.54 Å². The van der Waals surface area contributed by atoms with Crippen LogP contribution in [0.15, 0.2) is 12.1 Å². The number of nitrogens with zero attached hydrogens (tertiary/aromatic N) is 2. The largest absolute Gasteiger partial charge is 0.395 e. The molecule has 0 aliphatic carbocycles. The summed E-state index contributed by atoms with van der Waals surface area (Å²) in [7, 11) is 0. The van der Waals surface area contributed by atoms with E-state index in [4.69, 9.17) is 10.8 Å². The molecule has 0 saturated heterocycles. The van der Waals surface area contributed by atoms with Crippen molar-refractivity contribution in [3.63, 3.8) is 0 Å². The van der Waals surface area contributed by atoms with E-state index in [2.05, 4.69) is 11.1 Å². The number of aryl methyl sites for hydroxylation is 2. The average Bonchev–Trinajstić information content (AvgIpc) is 2.46. The van der Waals surface area contributed by atoms with Gasteiger partial charge in [0.15, 0.2) is 0 Å². The van der Waals surface area contributed by atoms with Crippen LogP contribution >= 0.6 is 0 Å². The van der Waals surface area contributed by atoms with Crippen LogP contribution in [0.4, 0.5) is 5.95 Å². The summed E-state index contributed by atoms with van der Waals surface area (Å²) in [4.78, 5) is 4.30. The number of rotatable bonds is 2. The van der Waals surface area contributed by atoms with Crippen molar-refractivity contribution in [1.82, 2.24) is 9.55 Å². The molecular formula is C11H15N3O. The maximum Gasteiger partial charge on any atom is 0.201 e. The van der Waals surface area contributed by atoms with Crippen molar-refractivity contribution in [2.24, 2.45) is 0 Å². The molecule has 1 aromatic heterocycles. The topological polar surface area (TPSA) is 64.1 Å². The number of fused-ring (bicyclic) bond motifs is 1. The number of aromatic nitrogens is 2. The minimum Gasteiger partial charge on any atom is -0.395 e. The van der Waals surface area contributed by atoms with E-state index >= 15 is 0 Å².